The highest BCUT2D eigenvalue weighted by molar-refractivity contribution is 5.93. The van der Waals surface area contributed by atoms with Crippen molar-refractivity contribution in [1.29, 1.82) is 0 Å². The standard InChI is InChI=1S/C34H42F2N4O6/c1-18(2)27(42)29-32(9-10-32)11-12-40(29)26(41)17-37-31(44)46-25-14-19-13-22(19)33(25)16-20(33)5-4-8-34(35,36)28-30(43)39-24-15-21(45-3)6-7-23(24)38-28/h6-7,15,18-20,22,25,29H,4-5,8-14,16-17H2,1-3H3,(H,37,44)(H,39,43)/t19?,20?,22?,25?,29-,33?/m1/s1. The number of hydrogen-bond donors (Lipinski definition) is 2. The number of benzene rings is 1. The summed E-state index contributed by atoms with van der Waals surface area (Å²) in [6.07, 6.45) is 4.65. The van der Waals surface area contributed by atoms with E-state index >= 15 is 8.78 Å². The average molecular weight is 641 g/mol. The van der Waals surface area contributed by atoms with Crippen molar-refractivity contribution in [3.8, 4) is 5.75 Å². The Morgan fingerprint density at radius 3 is 2.70 bits per heavy atom. The van der Waals surface area contributed by atoms with Gasteiger partial charge in [-0.2, -0.15) is 8.78 Å². The lowest BCUT2D eigenvalue weighted by atomic mass is 9.88. The number of rotatable bonds is 11. The van der Waals surface area contributed by atoms with Crippen LogP contribution in [0.4, 0.5) is 13.6 Å². The number of ether oxygens (including phenoxy) is 2. The first-order valence-corrected chi connectivity index (χ1v) is 16.6. The van der Waals surface area contributed by atoms with E-state index in [1.165, 1.54) is 13.2 Å². The van der Waals surface area contributed by atoms with E-state index in [0.29, 0.717) is 36.1 Å². The molecule has 1 aliphatic heterocycles. The van der Waals surface area contributed by atoms with Gasteiger partial charge in [0.2, 0.25) is 5.91 Å². The number of nitrogens with one attached hydrogen (secondary N) is 2. The van der Waals surface area contributed by atoms with Crippen molar-refractivity contribution in [2.24, 2.45) is 34.5 Å². The van der Waals surface area contributed by atoms with E-state index in [9.17, 15) is 19.2 Å². The molecule has 46 heavy (non-hydrogen) atoms. The van der Waals surface area contributed by atoms with Crippen LogP contribution in [0.15, 0.2) is 23.0 Å². The number of alkyl carbamates (subject to hydrolysis) is 1. The fourth-order valence-corrected chi connectivity index (χ4v) is 8.86. The minimum atomic E-state index is -3.39. The van der Waals surface area contributed by atoms with Gasteiger partial charge in [0.15, 0.2) is 11.5 Å². The Labute approximate surface area is 266 Å². The molecule has 4 saturated carbocycles. The summed E-state index contributed by atoms with van der Waals surface area (Å²) < 4.78 is 41.5. The van der Waals surface area contributed by atoms with E-state index in [2.05, 4.69) is 15.3 Å². The topological polar surface area (TPSA) is 131 Å². The van der Waals surface area contributed by atoms with Crippen LogP contribution in [0.2, 0.25) is 0 Å². The van der Waals surface area contributed by atoms with Gasteiger partial charge in [-0.3, -0.25) is 14.4 Å². The number of alkyl halides is 2. The molecule has 0 radical (unpaired) electrons. The molecule has 7 rings (SSSR count). The molecule has 1 aromatic carbocycles. The molecule has 12 heteroatoms. The number of nitrogens with zero attached hydrogens (tertiary/aromatic N) is 2. The Morgan fingerprint density at radius 1 is 1.20 bits per heavy atom. The van der Waals surface area contributed by atoms with Crippen LogP contribution in [-0.2, 0) is 20.2 Å². The first-order valence-electron chi connectivity index (χ1n) is 16.6. The Hall–Kier alpha value is -3.57. The van der Waals surface area contributed by atoms with Gasteiger partial charge < -0.3 is 24.7 Å². The number of fused-ring (bicyclic) bond motifs is 3. The zero-order chi connectivity index (χ0) is 32.6. The molecule has 6 atom stereocenters. The predicted octanol–water partition coefficient (Wildman–Crippen LogP) is 4.94. The molecule has 5 fully saturated rings. The molecular weight excluding hydrogens is 598 g/mol. The monoisotopic (exact) mass is 640 g/mol. The minimum Gasteiger partial charge on any atom is -0.497 e. The lowest BCUT2D eigenvalue weighted by Gasteiger charge is -2.29. The lowest BCUT2D eigenvalue weighted by molar-refractivity contribution is -0.139. The van der Waals surface area contributed by atoms with Crippen molar-refractivity contribution < 1.29 is 32.6 Å². The molecule has 5 unspecified atom stereocenters. The fourth-order valence-electron chi connectivity index (χ4n) is 8.86. The molecule has 0 bridgehead atoms. The van der Waals surface area contributed by atoms with Crippen molar-refractivity contribution in [3.63, 3.8) is 0 Å². The van der Waals surface area contributed by atoms with Gasteiger partial charge in [0.1, 0.15) is 18.4 Å². The van der Waals surface area contributed by atoms with E-state index in [4.69, 9.17) is 9.47 Å². The summed E-state index contributed by atoms with van der Waals surface area (Å²) in [6, 6.07) is 4.27. The van der Waals surface area contributed by atoms with Gasteiger partial charge >= 0.3 is 6.09 Å². The maximum Gasteiger partial charge on any atom is 0.407 e. The largest absolute Gasteiger partial charge is 0.497 e. The highest BCUT2D eigenvalue weighted by Gasteiger charge is 2.74. The number of ketones is 1. The smallest absolute Gasteiger partial charge is 0.407 e. The summed E-state index contributed by atoms with van der Waals surface area (Å²) >= 11 is 0. The van der Waals surface area contributed by atoms with Crippen LogP contribution in [-0.4, -0.2) is 65.0 Å². The molecule has 248 valence electrons. The average Bonchev–Trinajstić information content (AvgIpc) is 3.95. The summed E-state index contributed by atoms with van der Waals surface area (Å²) in [5.41, 5.74) is -1.39. The van der Waals surface area contributed by atoms with E-state index in [-0.39, 0.29) is 58.9 Å². The van der Waals surface area contributed by atoms with E-state index < -0.39 is 35.7 Å². The molecule has 2 aromatic rings. The van der Waals surface area contributed by atoms with E-state index in [1.807, 2.05) is 13.8 Å². The Morgan fingerprint density at radius 2 is 1.98 bits per heavy atom. The number of carbonyl (C=O) groups excluding carboxylic acids is 3. The molecule has 2 heterocycles. The molecule has 4 aliphatic carbocycles. The first-order chi connectivity index (χ1) is 21.9. The number of hydrogen-bond acceptors (Lipinski definition) is 7. The molecular formula is C34H42F2N4O6. The Kier molecular flexibility index (Phi) is 7.43. The van der Waals surface area contributed by atoms with Gasteiger partial charge in [0, 0.05) is 30.4 Å². The second-order valence-corrected chi connectivity index (χ2v) is 14.7. The number of halogens is 2. The van der Waals surface area contributed by atoms with Gasteiger partial charge in [-0.25, -0.2) is 9.78 Å². The Bertz CT molecular complexity index is 1640. The van der Waals surface area contributed by atoms with Crippen LogP contribution in [0, 0.1) is 34.5 Å². The molecule has 2 spiro atoms. The fraction of sp³-hybridized carbons (Fsp3) is 0.676. The minimum absolute atomic E-state index is 0.0805. The number of H-pyrrole nitrogens is 1. The summed E-state index contributed by atoms with van der Waals surface area (Å²) in [7, 11) is 1.48. The number of aromatic nitrogens is 2. The van der Waals surface area contributed by atoms with Gasteiger partial charge in [-0.05, 0) is 86.7 Å². The summed E-state index contributed by atoms with van der Waals surface area (Å²) in [4.78, 5) is 59.6. The summed E-state index contributed by atoms with van der Waals surface area (Å²) in [5.74, 6) is -2.18. The van der Waals surface area contributed by atoms with Crippen LogP contribution < -0.4 is 15.6 Å². The molecule has 2 amide bonds. The summed E-state index contributed by atoms with van der Waals surface area (Å²) in [6.45, 7) is 4.01. The lowest BCUT2D eigenvalue weighted by Crippen LogP contribution is -2.49. The third-order valence-electron chi connectivity index (χ3n) is 11.6. The number of aromatic amines is 1. The Balaban J connectivity index is 0.922. The number of likely N-dealkylation sites (tertiary alicyclic amines) is 1. The third-order valence-corrected chi connectivity index (χ3v) is 11.6. The van der Waals surface area contributed by atoms with Crippen LogP contribution in [0.25, 0.3) is 11.0 Å². The normalized spacial score (nSPS) is 30.1. The number of methoxy groups -OCH3 is 1. The molecule has 10 nitrogen and oxygen atoms in total. The van der Waals surface area contributed by atoms with Gasteiger partial charge in [-0.1, -0.05) is 13.8 Å². The highest BCUT2D eigenvalue weighted by Crippen LogP contribution is 2.77. The van der Waals surface area contributed by atoms with Gasteiger partial charge in [0.25, 0.3) is 11.5 Å². The maximum atomic E-state index is 15.2. The van der Waals surface area contributed by atoms with Crippen LogP contribution in [0.1, 0.15) is 77.3 Å². The van der Waals surface area contributed by atoms with Crippen molar-refractivity contribution in [3.05, 3.63) is 34.2 Å². The maximum absolute atomic E-state index is 15.2. The van der Waals surface area contributed by atoms with Gasteiger partial charge in [0.05, 0.1) is 24.2 Å². The number of amides is 2. The molecule has 1 aromatic heterocycles. The highest BCUT2D eigenvalue weighted by atomic mass is 19.3. The molecule has 2 N–H and O–H groups in total. The quantitative estimate of drug-likeness (QED) is 0.356. The number of Topliss-reactive ketones (excluding diaryl/α,β-unsaturated/α-hetero) is 1. The first kappa shape index (κ1) is 31.1. The van der Waals surface area contributed by atoms with E-state index in [0.717, 1.165) is 38.5 Å². The summed E-state index contributed by atoms with van der Waals surface area (Å²) in [5, 5.41) is 2.63. The zero-order valence-electron chi connectivity index (χ0n) is 26.6. The van der Waals surface area contributed by atoms with Crippen molar-refractivity contribution in [1.82, 2.24) is 20.2 Å². The van der Waals surface area contributed by atoms with Crippen molar-refractivity contribution in [2.45, 2.75) is 89.7 Å². The van der Waals surface area contributed by atoms with Gasteiger partial charge in [-0.15, -0.1) is 0 Å². The SMILES string of the molecule is COc1ccc2nc(C(F)(F)CCCC3CC34C(OC(=O)NCC(=O)N3CCC5(CC5)[C@H]3C(=O)C(C)C)CC3CC34)c(=O)[nH]c2c1. The third kappa shape index (κ3) is 5.25. The second-order valence-electron chi connectivity index (χ2n) is 14.7. The van der Waals surface area contributed by atoms with Crippen molar-refractivity contribution in [2.75, 3.05) is 20.2 Å². The number of carbonyl (C=O) groups is 3. The molecule has 1 saturated heterocycles. The second kappa shape index (κ2) is 11.0. The van der Waals surface area contributed by atoms with Crippen LogP contribution >= 0.6 is 0 Å². The molecule has 5 aliphatic rings. The zero-order valence-corrected chi connectivity index (χ0v) is 26.6. The van der Waals surface area contributed by atoms with E-state index in [1.54, 1.807) is 17.0 Å². The van der Waals surface area contributed by atoms with Crippen molar-refractivity contribution >= 4 is 28.8 Å². The van der Waals surface area contributed by atoms with Crippen LogP contribution in [0.3, 0.4) is 0 Å². The van der Waals surface area contributed by atoms with Crippen LogP contribution in [0.5, 0.6) is 5.75 Å². The predicted molar refractivity (Wildman–Crippen MR) is 163 cm³/mol.